The van der Waals surface area contributed by atoms with Crippen LogP contribution in [0.25, 0.3) is 0 Å². The molecular formula is C24H37N3O5S. The lowest BCUT2D eigenvalue weighted by molar-refractivity contribution is -0.140. The van der Waals surface area contributed by atoms with Crippen molar-refractivity contribution in [2.75, 3.05) is 12.8 Å². The zero-order valence-electron chi connectivity index (χ0n) is 20.2. The summed E-state index contributed by atoms with van der Waals surface area (Å²) in [7, 11) is 1.53. The minimum absolute atomic E-state index is 0.0357. The molecule has 0 bridgehead atoms. The fraction of sp³-hybridized carbons (Fsp3) is 0.625. The quantitative estimate of drug-likeness (QED) is 0.448. The van der Waals surface area contributed by atoms with Crippen LogP contribution in [-0.2, 0) is 14.3 Å². The van der Waals surface area contributed by atoms with E-state index >= 15 is 0 Å². The Hall–Kier alpha value is -2.42. The Morgan fingerprint density at radius 3 is 2.39 bits per heavy atom. The Morgan fingerprint density at radius 2 is 1.85 bits per heavy atom. The second-order valence-corrected chi connectivity index (χ2v) is 9.99. The van der Waals surface area contributed by atoms with Gasteiger partial charge < -0.3 is 25.4 Å². The average molecular weight is 480 g/mol. The van der Waals surface area contributed by atoms with Crippen molar-refractivity contribution >= 4 is 30.5 Å². The van der Waals surface area contributed by atoms with E-state index in [0.717, 1.165) is 32.1 Å². The number of benzene rings is 1. The summed E-state index contributed by atoms with van der Waals surface area (Å²) in [6, 6.07) is 3.00. The van der Waals surface area contributed by atoms with E-state index in [4.69, 9.17) is 4.74 Å². The van der Waals surface area contributed by atoms with Crippen LogP contribution in [0, 0.1) is 6.92 Å². The Bertz CT molecular complexity index is 849. The number of thiol groups is 1. The highest BCUT2D eigenvalue weighted by molar-refractivity contribution is 7.80. The predicted octanol–water partition coefficient (Wildman–Crippen LogP) is 3.47. The Balaban J connectivity index is 2.27. The van der Waals surface area contributed by atoms with Gasteiger partial charge >= 0.3 is 6.09 Å². The summed E-state index contributed by atoms with van der Waals surface area (Å²) in [5, 5.41) is 15.6. The highest BCUT2D eigenvalue weighted by Gasteiger charge is 2.34. The average Bonchev–Trinajstić information content (AvgIpc) is 2.73. The monoisotopic (exact) mass is 479 g/mol. The van der Waals surface area contributed by atoms with Crippen LogP contribution < -0.4 is 10.6 Å². The molecule has 8 nitrogen and oxygen atoms in total. The number of hydrogen-bond acceptors (Lipinski definition) is 6. The molecule has 1 saturated carbocycles. The van der Waals surface area contributed by atoms with Gasteiger partial charge in [0.2, 0.25) is 11.8 Å². The van der Waals surface area contributed by atoms with Crippen LogP contribution in [0.1, 0.15) is 70.0 Å². The van der Waals surface area contributed by atoms with Gasteiger partial charge in [-0.2, -0.15) is 12.6 Å². The number of nitrogens with zero attached hydrogens (tertiary/aromatic N) is 1. The van der Waals surface area contributed by atoms with Gasteiger partial charge in [-0.15, -0.1) is 0 Å². The second-order valence-electron chi connectivity index (χ2n) is 9.62. The van der Waals surface area contributed by atoms with Gasteiger partial charge in [-0.1, -0.05) is 25.3 Å². The van der Waals surface area contributed by atoms with Crippen molar-refractivity contribution in [2.24, 2.45) is 0 Å². The van der Waals surface area contributed by atoms with E-state index in [0.29, 0.717) is 11.1 Å². The molecular weight excluding hydrogens is 442 g/mol. The van der Waals surface area contributed by atoms with E-state index in [2.05, 4.69) is 23.3 Å². The van der Waals surface area contributed by atoms with Crippen LogP contribution in [0.15, 0.2) is 18.2 Å². The maximum Gasteiger partial charge on any atom is 0.408 e. The standard InChI is InChI=1S/C24H37N3O5S/c1-15-13-16(11-12-19(15)28)20(21(29)25-17-9-7-6-8-10-17)27(5)22(30)18(14-33)26-23(31)32-24(2,3)4/h11-13,17-18,20,28,33H,6-10,14H2,1-5H3,(H,25,29)(H,26,31). The first kappa shape index (κ1) is 26.8. The number of phenols is 1. The van der Waals surface area contributed by atoms with E-state index in [9.17, 15) is 19.5 Å². The number of amides is 3. The zero-order valence-corrected chi connectivity index (χ0v) is 21.1. The molecule has 3 N–H and O–H groups in total. The maximum atomic E-state index is 13.4. The van der Waals surface area contributed by atoms with E-state index in [1.807, 2.05) is 0 Å². The van der Waals surface area contributed by atoms with Crippen LogP contribution in [0.4, 0.5) is 4.79 Å². The number of likely N-dealkylation sites (N-methyl/N-ethyl adjacent to an activating group) is 1. The lowest BCUT2D eigenvalue weighted by atomic mass is 9.94. The summed E-state index contributed by atoms with van der Waals surface area (Å²) in [4.78, 5) is 40.2. The van der Waals surface area contributed by atoms with E-state index in [1.54, 1.807) is 39.8 Å². The van der Waals surface area contributed by atoms with E-state index in [1.165, 1.54) is 18.0 Å². The zero-order chi connectivity index (χ0) is 24.8. The molecule has 1 aromatic carbocycles. The molecule has 1 fully saturated rings. The number of phenolic OH excluding ortho intramolecular Hbond substituents is 1. The number of aryl methyl sites for hydroxylation is 1. The molecule has 0 heterocycles. The molecule has 0 saturated heterocycles. The van der Waals surface area contributed by atoms with Crippen LogP contribution in [-0.4, -0.2) is 58.4 Å². The molecule has 0 aromatic heterocycles. The van der Waals surface area contributed by atoms with Crippen molar-refractivity contribution in [3.8, 4) is 5.75 Å². The number of carbonyl (C=O) groups is 3. The lowest BCUT2D eigenvalue weighted by Gasteiger charge is -2.33. The number of hydrogen-bond donors (Lipinski definition) is 4. The predicted molar refractivity (Wildman–Crippen MR) is 130 cm³/mol. The number of ether oxygens (including phenoxy) is 1. The van der Waals surface area contributed by atoms with Crippen molar-refractivity contribution in [2.45, 2.75) is 83.5 Å². The molecule has 2 unspecified atom stereocenters. The first-order chi connectivity index (χ1) is 15.4. The molecule has 33 heavy (non-hydrogen) atoms. The molecule has 2 atom stereocenters. The third-order valence-corrected chi connectivity index (χ3v) is 6.01. The normalized spacial score (nSPS) is 16.4. The number of rotatable bonds is 7. The lowest BCUT2D eigenvalue weighted by Crippen LogP contribution is -2.53. The minimum atomic E-state index is -0.976. The molecule has 1 aliphatic carbocycles. The number of carbonyl (C=O) groups excluding carboxylic acids is 3. The molecule has 9 heteroatoms. The molecule has 184 valence electrons. The Morgan fingerprint density at radius 1 is 1.21 bits per heavy atom. The van der Waals surface area contributed by atoms with E-state index < -0.39 is 29.7 Å². The van der Waals surface area contributed by atoms with Crippen LogP contribution in [0.3, 0.4) is 0 Å². The molecule has 2 rings (SSSR count). The molecule has 0 aliphatic heterocycles. The molecule has 0 radical (unpaired) electrons. The topological polar surface area (TPSA) is 108 Å². The number of alkyl carbamates (subject to hydrolysis) is 1. The largest absolute Gasteiger partial charge is 0.508 e. The third kappa shape index (κ3) is 7.84. The Kier molecular flexibility index (Phi) is 9.46. The Labute approximate surface area is 201 Å². The van der Waals surface area contributed by atoms with Crippen molar-refractivity contribution in [3.63, 3.8) is 0 Å². The summed E-state index contributed by atoms with van der Waals surface area (Å²) in [5.74, 6) is -0.615. The van der Waals surface area contributed by atoms with Crippen LogP contribution >= 0.6 is 12.6 Å². The maximum absolute atomic E-state index is 13.4. The highest BCUT2D eigenvalue weighted by Crippen LogP contribution is 2.27. The fourth-order valence-electron chi connectivity index (χ4n) is 3.93. The fourth-order valence-corrected chi connectivity index (χ4v) is 4.18. The number of aromatic hydroxyl groups is 1. The van der Waals surface area contributed by atoms with Crippen molar-refractivity contribution < 1.29 is 24.2 Å². The SMILES string of the molecule is Cc1cc(C(C(=O)NC2CCCCC2)N(C)C(=O)C(CS)NC(=O)OC(C)(C)C)ccc1O. The molecule has 3 amide bonds. The van der Waals surface area contributed by atoms with Crippen LogP contribution in [0.5, 0.6) is 5.75 Å². The number of nitrogens with one attached hydrogen (secondary N) is 2. The van der Waals surface area contributed by atoms with Gasteiger partial charge in [0.25, 0.3) is 0 Å². The minimum Gasteiger partial charge on any atom is -0.508 e. The van der Waals surface area contributed by atoms with Gasteiger partial charge in [-0.05, 0) is 63.8 Å². The summed E-state index contributed by atoms with van der Waals surface area (Å²) in [5.41, 5.74) is 0.456. The van der Waals surface area contributed by atoms with Gasteiger partial charge in [0.15, 0.2) is 0 Å². The summed E-state index contributed by atoms with van der Waals surface area (Å²) in [6.45, 7) is 6.93. The molecule has 0 spiro atoms. The third-order valence-electron chi connectivity index (χ3n) is 5.64. The van der Waals surface area contributed by atoms with Gasteiger partial charge in [-0.25, -0.2) is 4.79 Å². The van der Waals surface area contributed by atoms with Crippen LogP contribution in [0.2, 0.25) is 0 Å². The molecule has 1 aliphatic rings. The first-order valence-electron chi connectivity index (χ1n) is 11.4. The summed E-state index contributed by atoms with van der Waals surface area (Å²) >= 11 is 4.23. The summed E-state index contributed by atoms with van der Waals surface area (Å²) < 4.78 is 5.26. The van der Waals surface area contributed by atoms with Crippen molar-refractivity contribution in [3.05, 3.63) is 29.3 Å². The van der Waals surface area contributed by atoms with Gasteiger partial charge in [0, 0.05) is 18.8 Å². The molecule has 1 aromatic rings. The highest BCUT2D eigenvalue weighted by atomic mass is 32.1. The first-order valence-corrected chi connectivity index (χ1v) is 12.0. The van der Waals surface area contributed by atoms with Crippen molar-refractivity contribution in [1.82, 2.24) is 15.5 Å². The smallest absolute Gasteiger partial charge is 0.408 e. The summed E-state index contributed by atoms with van der Waals surface area (Å²) in [6.07, 6.45) is 4.36. The van der Waals surface area contributed by atoms with Gasteiger partial charge in [-0.3, -0.25) is 9.59 Å². The second kappa shape index (κ2) is 11.6. The van der Waals surface area contributed by atoms with Gasteiger partial charge in [0.05, 0.1) is 0 Å². The van der Waals surface area contributed by atoms with Crippen molar-refractivity contribution in [1.29, 1.82) is 0 Å². The van der Waals surface area contributed by atoms with Gasteiger partial charge in [0.1, 0.15) is 23.4 Å². The van der Waals surface area contributed by atoms with E-state index in [-0.39, 0.29) is 23.5 Å².